The molecule has 1 heterocycles. The van der Waals surface area contributed by atoms with E-state index in [2.05, 4.69) is 0 Å². The van der Waals surface area contributed by atoms with Crippen LogP contribution in [0.5, 0.6) is 0 Å². The molecule has 3 heteroatoms. The number of methoxy groups -OCH3 is 1. The summed E-state index contributed by atoms with van der Waals surface area (Å²) in [5.74, 6) is 1.78. The van der Waals surface area contributed by atoms with Crippen molar-refractivity contribution in [3.8, 4) is 0 Å². The van der Waals surface area contributed by atoms with E-state index in [9.17, 15) is 4.79 Å². The number of hydrogen-bond acceptors (Lipinski definition) is 2. The lowest BCUT2D eigenvalue weighted by molar-refractivity contribution is -0.117. The van der Waals surface area contributed by atoms with Crippen molar-refractivity contribution in [2.45, 2.75) is 40.7 Å². The van der Waals surface area contributed by atoms with E-state index in [1.165, 1.54) is 12.0 Å². The fourth-order valence-corrected chi connectivity index (χ4v) is 2.26. The maximum Gasteiger partial charge on any atom is 0.209 e. The van der Waals surface area contributed by atoms with Crippen LogP contribution in [-0.4, -0.2) is 31.5 Å². The maximum absolute atomic E-state index is 10.1. The van der Waals surface area contributed by atoms with Crippen LogP contribution in [0.1, 0.15) is 39.7 Å². The van der Waals surface area contributed by atoms with Crippen LogP contribution in [-0.2, 0) is 16.1 Å². The molecule has 1 amide bonds. The first-order chi connectivity index (χ1) is 10.3. The number of fused-ring (bicyclic) bond motifs is 1. The van der Waals surface area contributed by atoms with Gasteiger partial charge in [-0.25, -0.2) is 0 Å². The van der Waals surface area contributed by atoms with Gasteiger partial charge in [0.15, 0.2) is 0 Å². The largest absolute Gasteiger partial charge is 0.380 e. The average molecular weight is 293 g/mol. The second-order valence-corrected chi connectivity index (χ2v) is 4.73. The number of benzene rings is 1. The third kappa shape index (κ3) is 7.86. The number of amides is 1. The summed E-state index contributed by atoms with van der Waals surface area (Å²) in [6.07, 6.45) is 2.34. The van der Waals surface area contributed by atoms with E-state index in [1.54, 1.807) is 7.11 Å². The average Bonchev–Trinajstić information content (AvgIpc) is 3.19. The summed E-state index contributed by atoms with van der Waals surface area (Å²) in [5, 5.41) is 0. The summed E-state index contributed by atoms with van der Waals surface area (Å²) >= 11 is 0. The zero-order valence-corrected chi connectivity index (χ0v) is 14.2. The number of likely N-dealkylation sites (tertiary alicyclic amines) is 1. The van der Waals surface area contributed by atoms with Gasteiger partial charge >= 0.3 is 0 Å². The highest BCUT2D eigenvalue weighted by Gasteiger charge is 2.44. The highest BCUT2D eigenvalue weighted by molar-refractivity contribution is 5.48. The van der Waals surface area contributed by atoms with Crippen molar-refractivity contribution in [2.75, 3.05) is 20.2 Å². The molecule has 1 aromatic carbocycles. The van der Waals surface area contributed by atoms with E-state index in [4.69, 9.17) is 4.74 Å². The summed E-state index contributed by atoms with van der Waals surface area (Å²) in [6, 6.07) is 10.1. The molecule has 2 fully saturated rings. The van der Waals surface area contributed by atoms with Crippen molar-refractivity contribution in [3.63, 3.8) is 0 Å². The summed E-state index contributed by atoms with van der Waals surface area (Å²) in [7, 11) is 1.70. The Balaban J connectivity index is 0.000000310. The molecule has 2 unspecified atom stereocenters. The molecule has 2 atom stereocenters. The monoisotopic (exact) mass is 293 g/mol. The van der Waals surface area contributed by atoms with Crippen LogP contribution in [0.2, 0.25) is 0 Å². The van der Waals surface area contributed by atoms with Gasteiger partial charge in [0, 0.05) is 20.2 Å². The van der Waals surface area contributed by atoms with Crippen molar-refractivity contribution in [3.05, 3.63) is 35.9 Å². The van der Waals surface area contributed by atoms with Crippen molar-refractivity contribution in [1.82, 2.24) is 4.90 Å². The molecular formula is C18H31NO2. The summed E-state index contributed by atoms with van der Waals surface area (Å²) in [5.41, 5.74) is 1.22. The minimum absolute atomic E-state index is 0.709. The Morgan fingerprint density at radius 1 is 1.10 bits per heavy atom. The minimum atomic E-state index is 0.709. The van der Waals surface area contributed by atoms with Crippen LogP contribution in [0.15, 0.2) is 30.3 Å². The van der Waals surface area contributed by atoms with Gasteiger partial charge in [-0.05, 0) is 23.8 Å². The van der Waals surface area contributed by atoms with Gasteiger partial charge in [0.2, 0.25) is 6.41 Å². The Bertz CT molecular complexity index is 343. The van der Waals surface area contributed by atoms with Gasteiger partial charge in [-0.2, -0.15) is 0 Å². The third-order valence-corrected chi connectivity index (χ3v) is 3.31. The van der Waals surface area contributed by atoms with Crippen molar-refractivity contribution in [2.24, 2.45) is 11.8 Å². The van der Waals surface area contributed by atoms with Gasteiger partial charge in [-0.3, -0.25) is 4.79 Å². The number of hydrogen-bond donors (Lipinski definition) is 0. The standard InChI is InChI=1S/C8H10O.C6H9NO.2C2H6/c1-9-7-8-5-3-2-4-6-8;8-4-7-2-5-1-6(5)3-7;2*1-2/h2-6H,7H2,1H3;4-6H,1-3H2;2*1-2H3. The second kappa shape index (κ2) is 12.4. The molecule has 1 aromatic rings. The lowest BCUT2D eigenvalue weighted by Crippen LogP contribution is -2.19. The van der Waals surface area contributed by atoms with Crippen molar-refractivity contribution in [1.29, 1.82) is 0 Å². The number of piperidine rings is 1. The molecule has 0 N–H and O–H groups in total. The summed E-state index contributed by atoms with van der Waals surface area (Å²) in [6.45, 7) is 10.8. The maximum atomic E-state index is 10.1. The Labute approximate surface area is 130 Å². The fourth-order valence-electron chi connectivity index (χ4n) is 2.26. The number of ether oxygens (including phenoxy) is 1. The van der Waals surface area contributed by atoms with E-state index in [-0.39, 0.29) is 0 Å². The quantitative estimate of drug-likeness (QED) is 0.789. The van der Waals surface area contributed by atoms with Crippen molar-refractivity contribution < 1.29 is 9.53 Å². The van der Waals surface area contributed by atoms with Crippen LogP contribution < -0.4 is 0 Å². The third-order valence-electron chi connectivity index (χ3n) is 3.31. The molecule has 1 aliphatic heterocycles. The molecule has 1 saturated carbocycles. The Hall–Kier alpha value is -1.35. The molecule has 0 radical (unpaired) electrons. The van der Waals surface area contributed by atoms with Gasteiger partial charge in [0.05, 0.1) is 6.61 Å². The lowest BCUT2D eigenvalue weighted by atomic mass is 10.2. The van der Waals surface area contributed by atoms with Gasteiger partial charge in [-0.1, -0.05) is 58.0 Å². The van der Waals surface area contributed by atoms with Crippen LogP contribution in [0.4, 0.5) is 0 Å². The molecule has 0 spiro atoms. The normalized spacial score (nSPS) is 20.5. The Morgan fingerprint density at radius 3 is 2.00 bits per heavy atom. The van der Waals surface area contributed by atoms with E-state index in [0.717, 1.165) is 31.3 Å². The topological polar surface area (TPSA) is 29.5 Å². The Kier molecular flexibility index (Phi) is 11.6. The zero-order chi connectivity index (χ0) is 16.1. The fraction of sp³-hybridized carbons (Fsp3) is 0.611. The first-order valence-corrected chi connectivity index (χ1v) is 8.05. The molecule has 21 heavy (non-hydrogen) atoms. The van der Waals surface area contributed by atoms with Crippen LogP contribution >= 0.6 is 0 Å². The lowest BCUT2D eigenvalue weighted by Gasteiger charge is -2.08. The first-order valence-electron chi connectivity index (χ1n) is 8.05. The number of rotatable bonds is 3. The predicted molar refractivity (Wildman–Crippen MR) is 89.1 cm³/mol. The van der Waals surface area contributed by atoms with Gasteiger partial charge < -0.3 is 9.64 Å². The van der Waals surface area contributed by atoms with Gasteiger partial charge in [-0.15, -0.1) is 0 Å². The molecule has 2 aliphatic rings. The van der Waals surface area contributed by atoms with E-state index in [0.29, 0.717) is 6.61 Å². The molecule has 0 bridgehead atoms. The van der Waals surface area contributed by atoms with E-state index in [1.807, 2.05) is 62.9 Å². The summed E-state index contributed by atoms with van der Waals surface area (Å²) in [4.78, 5) is 12.0. The molecule has 0 aromatic heterocycles. The SMILES string of the molecule is CC.CC.COCc1ccccc1.O=CN1CC2CC2C1. The molecule has 3 rings (SSSR count). The van der Waals surface area contributed by atoms with Gasteiger partial charge in [0.1, 0.15) is 0 Å². The van der Waals surface area contributed by atoms with E-state index < -0.39 is 0 Å². The Morgan fingerprint density at radius 2 is 1.62 bits per heavy atom. The highest BCUT2D eigenvalue weighted by atomic mass is 16.5. The smallest absolute Gasteiger partial charge is 0.209 e. The first kappa shape index (κ1) is 19.7. The van der Waals surface area contributed by atoms with Crippen LogP contribution in [0, 0.1) is 11.8 Å². The summed E-state index contributed by atoms with van der Waals surface area (Å²) < 4.78 is 4.93. The molecule has 1 saturated heterocycles. The molecule has 1 aliphatic carbocycles. The number of carbonyl (C=O) groups excluding carboxylic acids is 1. The zero-order valence-electron chi connectivity index (χ0n) is 14.2. The van der Waals surface area contributed by atoms with Crippen LogP contribution in [0.25, 0.3) is 0 Å². The second-order valence-electron chi connectivity index (χ2n) is 4.73. The van der Waals surface area contributed by atoms with E-state index >= 15 is 0 Å². The molecular weight excluding hydrogens is 262 g/mol. The minimum Gasteiger partial charge on any atom is -0.380 e. The number of nitrogens with zero attached hydrogens (tertiary/aromatic N) is 1. The van der Waals surface area contributed by atoms with Crippen LogP contribution in [0.3, 0.4) is 0 Å². The highest BCUT2D eigenvalue weighted by Crippen LogP contribution is 2.44. The molecule has 3 nitrogen and oxygen atoms in total. The number of carbonyl (C=O) groups is 1. The van der Waals surface area contributed by atoms with Gasteiger partial charge in [0.25, 0.3) is 0 Å². The van der Waals surface area contributed by atoms with Crippen molar-refractivity contribution >= 4 is 6.41 Å². The molecule has 120 valence electrons. The predicted octanol–water partition coefficient (Wildman–Crippen LogP) is 3.98.